The summed E-state index contributed by atoms with van der Waals surface area (Å²) < 4.78 is 15.2. The van der Waals surface area contributed by atoms with Gasteiger partial charge in [-0.05, 0) is 61.8 Å². The minimum Gasteiger partial charge on any atom is -0.358 e. The van der Waals surface area contributed by atoms with E-state index in [9.17, 15) is 14.0 Å². The number of anilines is 1. The number of likely N-dealkylation sites (tertiary alicyclic amines) is 1. The van der Waals surface area contributed by atoms with Crippen LogP contribution in [0.5, 0.6) is 0 Å². The predicted octanol–water partition coefficient (Wildman–Crippen LogP) is 4.66. The smallest absolute Gasteiger partial charge is 0.297 e. The van der Waals surface area contributed by atoms with E-state index in [1.54, 1.807) is 29.1 Å². The molecule has 0 unspecified atom stereocenters. The summed E-state index contributed by atoms with van der Waals surface area (Å²) in [5.74, 6) is 0.270. The van der Waals surface area contributed by atoms with Crippen molar-refractivity contribution in [3.05, 3.63) is 88.0 Å². The first-order valence-corrected chi connectivity index (χ1v) is 13.6. The van der Waals surface area contributed by atoms with E-state index in [-0.39, 0.29) is 35.3 Å². The summed E-state index contributed by atoms with van der Waals surface area (Å²) >= 11 is 0. The molecular weight excluding hydrogens is 481 g/mol. The van der Waals surface area contributed by atoms with Crippen molar-refractivity contribution >= 4 is 11.7 Å². The number of aryl methyl sites for hydroxylation is 1. The fourth-order valence-electron chi connectivity index (χ4n) is 5.17. The van der Waals surface area contributed by atoms with Gasteiger partial charge in [0, 0.05) is 43.6 Å². The van der Waals surface area contributed by atoms with Crippen molar-refractivity contribution in [2.75, 3.05) is 25.0 Å². The van der Waals surface area contributed by atoms with Crippen LogP contribution in [0.4, 0.5) is 10.2 Å². The van der Waals surface area contributed by atoms with E-state index in [1.165, 1.54) is 0 Å². The van der Waals surface area contributed by atoms with Crippen molar-refractivity contribution in [1.82, 2.24) is 19.8 Å². The van der Waals surface area contributed by atoms with Gasteiger partial charge in [-0.2, -0.15) is 0 Å². The number of aromatic nitrogens is 2. The van der Waals surface area contributed by atoms with Crippen molar-refractivity contribution in [1.29, 1.82) is 0 Å². The van der Waals surface area contributed by atoms with Crippen LogP contribution in [0.15, 0.2) is 65.7 Å². The molecule has 1 aliphatic carbocycles. The number of alkyl halides is 1. The Morgan fingerprint density at radius 3 is 2.55 bits per heavy atom. The number of hydrogen-bond donors (Lipinski definition) is 2. The molecule has 1 aliphatic heterocycles. The maximum atomic E-state index is 13.7. The highest BCUT2D eigenvalue weighted by Gasteiger charge is 2.27. The second kappa shape index (κ2) is 11.5. The van der Waals surface area contributed by atoms with Gasteiger partial charge in [-0.15, -0.1) is 0 Å². The zero-order valence-corrected chi connectivity index (χ0v) is 22.1. The highest BCUT2D eigenvalue weighted by Crippen LogP contribution is 2.27. The Morgan fingerprint density at radius 2 is 1.84 bits per heavy atom. The van der Waals surface area contributed by atoms with Crippen LogP contribution in [0, 0.1) is 12.8 Å². The van der Waals surface area contributed by atoms with E-state index in [1.807, 2.05) is 31.2 Å². The molecule has 3 aromatic rings. The summed E-state index contributed by atoms with van der Waals surface area (Å²) in [6, 6.07) is 15.6. The molecule has 2 N–H and O–H groups in total. The predicted molar refractivity (Wildman–Crippen MR) is 148 cm³/mol. The molecule has 0 radical (unpaired) electrons. The van der Waals surface area contributed by atoms with Crippen LogP contribution in [0.3, 0.4) is 0 Å². The molecule has 2 fully saturated rings. The largest absolute Gasteiger partial charge is 0.358 e. The number of carbonyl (C=O) groups is 1. The van der Waals surface area contributed by atoms with Gasteiger partial charge in [0.05, 0.1) is 11.7 Å². The lowest BCUT2D eigenvalue weighted by Crippen LogP contribution is -2.39. The molecule has 8 heteroatoms. The summed E-state index contributed by atoms with van der Waals surface area (Å²) in [6.07, 6.45) is 5.70. The lowest BCUT2D eigenvalue weighted by atomic mass is 9.93. The molecule has 0 spiro atoms. The fourth-order valence-corrected chi connectivity index (χ4v) is 5.17. The first-order valence-electron chi connectivity index (χ1n) is 13.6. The van der Waals surface area contributed by atoms with Gasteiger partial charge in [-0.1, -0.05) is 43.3 Å². The van der Waals surface area contributed by atoms with Gasteiger partial charge in [0.15, 0.2) is 5.82 Å². The number of benzene rings is 2. The summed E-state index contributed by atoms with van der Waals surface area (Å²) in [4.78, 5) is 33.1. The van der Waals surface area contributed by atoms with Crippen LogP contribution in [-0.2, 0) is 0 Å². The van der Waals surface area contributed by atoms with Gasteiger partial charge in [-0.3, -0.25) is 14.2 Å². The van der Waals surface area contributed by atoms with Gasteiger partial charge < -0.3 is 15.5 Å². The summed E-state index contributed by atoms with van der Waals surface area (Å²) in [6.45, 7) is 6.35. The third kappa shape index (κ3) is 6.13. The molecule has 1 saturated heterocycles. The molecule has 38 heavy (non-hydrogen) atoms. The number of hydrogen-bond acceptors (Lipinski definition) is 5. The molecule has 1 aromatic heterocycles. The Kier molecular flexibility index (Phi) is 7.88. The normalized spacial score (nSPS) is 18.1. The Morgan fingerprint density at radius 1 is 1.11 bits per heavy atom. The lowest BCUT2D eigenvalue weighted by molar-refractivity contribution is 0.0951. The van der Waals surface area contributed by atoms with E-state index >= 15 is 0 Å². The van der Waals surface area contributed by atoms with E-state index in [2.05, 4.69) is 39.6 Å². The zero-order valence-electron chi connectivity index (χ0n) is 22.1. The molecule has 2 aliphatic rings. The number of halogens is 1. The second-order valence-electron chi connectivity index (χ2n) is 10.7. The van der Waals surface area contributed by atoms with Crippen LogP contribution in [0.25, 0.3) is 5.69 Å². The van der Waals surface area contributed by atoms with Crippen LogP contribution in [0.2, 0.25) is 0 Å². The maximum absolute atomic E-state index is 13.7. The first kappa shape index (κ1) is 26.1. The molecule has 2 atom stereocenters. The van der Waals surface area contributed by atoms with Crippen molar-refractivity contribution in [3.63, 3.8) is 0 Å². The third-order valence-electron chi connectivity index (χ3n) is 7.57. The minimum absolute atomic E-state index is 0.121. The molecular formula is C30H36FN5O2. The number of rotatable bonds is 9. The summed E-state index contributed by atoms with van der Waals surface area (Å²) in [5, 5.41) is 6.45. The minimum atomic E-state index is -0.710. The second-order valence-corrected chi connectivity index (χ2v) is 10.7. The molecule has 0 bridgehead atoms. The first-order chi connectivity index (χ1) is 18.4. The van der Waals surface area contributed by atoms with E-state index < -0.39 is 6.17 Å². The van der Waals surface area contributed by atoms with Crippen molar-refractivity contribution in [3.8, 4) is 5.69 Å². The Labute approximate surface area is 223 Å². The van der Waals surface area contributed by atoms with E-state index in [0.29, 0.717) is 24.1 Å². The average molecular weight is 518 g/mol. The van der Waals surface area contributed by atoms with Gasteiger partial charge >= 0.3 is 0 Å². The Balaban J connectivity index is 1.42. The Bertz CT molecular complexity index is 1320. The highest BCUT2D eigenvalue weighted by atomic mass is 19.1. The molecule has 2 heterocycles. The molecule has 1 saturated carbocycles. The quantitative estimate of drug-likeness (QED) is 0.432. The molecule has 2 aromatic carbocycles. The van der Waals surface area contributed by atoms with Crippen LogP contribution < -0.4 is 16.2 Å². The highest BCUT2D eigenvalue weighted by molar-refractivity contribution is 5.95. The van der Waals surface area contributed by atoms with Crippen molar-refractivity contribution < 1.29 is 9.18 Å². The van der Waals surface area contributed by atoms with Crippen LogP contribution >= 0.6 is 0 Å². The maximum Gasteiger partial charge on any atom is 0.297 e. The van der Waals surface area contributed by atoms with Gasteiger partial charge in [-0.25, -0.2) is 9.37 Å². The number of nitrogens with zero attached hydrogens (tertiary/aromatic N) is 3. The number of carbonyl (C=O) groups excluding carboxylic acids is 1. The molecule has 5 rings (SSSR count). The van der Waals surface area contributed by atoms with Crippen LogP contribution in [0.1, 0.15) is 60.1 Å². The standard InChI is InChI=1S/C30H36FN5O2/c1-20-8-9-23(29(37)33-25-10-11-25)18-26(20)36-17-14-32-28(30(36)38)34-27(22-6-4-3-5-7-22)21(2)19-35-15-12-24(31)13-16-35/h3-9,14,17-18,21,24-25,27H,10-13,15-16,19H2,1-2H3,(H,32,34)(H,33,37)/t21-,27-/m1/s1. The van der Waals surface area contributed by atoms with Crippen molar-refractivity contribution in [2.45, 2.75) is 57.8 Å². The SMILES string of the molecule is Cc1ccc(C(=O)NC2CC2)cc1-n1ccnc(N[C@@H](c2ccccc2)[C@H](C)CN2CCC(F)CC2)c1=O. The summed E-state index contributed by atoms with van der Waals surface area (Å²) in [5.41, 5.74) is 2.86. The van der Waals surface area contributed by atoms with E-state index in [4.69, 9.17) is 0 Å². The number of piperidine rings is 1. The monoisotopic (exact) mass is 517 g/mol. The van der Waals surface area contributed by atoms with Gasteiger partial charge in [0.1, 0.15) is 6.17 Å². The Hall–Kier alpha value is -3.52. The molecule has 7 nitrogen and oxygen atoms in total. The molecule has 1 amide bonds. The topological polar surface area (TPSA) is 79.3 Å². The molecule has 200 valence electrons. The van der Waals surface area contributed by atoms with Gasteiger partial charge in [0.25, 0.3) is 11.5 Å². The number of nitrogens with one attached hydrogen (secondary N) is 2. The van der Waals surface area contributed by atoms with E-state index in [0.717, 1.165) is 43.6 Å². The zero-order chi connectivity index (χ0) is 26.6. The lowest BCUT2D eigenvalue weighted by Gasteiger charge is -2.34. The van der Waals surface area contributed by atoms with Crippen molar-refractivity contribution in [2.24, 2.45) is 5.92 Å². The fraction of sp³-hybridized carbons (Fsp3) is 0.433. The average Bonchev–Trinajstić information content (AvgIpc) is 3.74. The van der Waals surface area contributed by atoms with Crippen LogP contribution in [-0.4, -0.2) is 52.2 Å². The third-order valence-corrected chi connectivity index (χ3v) is 7.57. The number of amides is 1. The summed E-state index contributed by atoms with van der Waals surface area (Å²) in [7, 11) is 0. The van der Waals surface area contributed by atoms with Gasteiger partial charge in [0.2, 0.25) is 0 Å².